The SMILES string of the molecule is CSc1ccccc1-c1cnc(N)cc1C(=O)O. The Balaban J connectivity index is 2.67. The molecule has 0 unspecified atom stereocenters. The van der Waals surface area contributed by atoms with Crippen LogP contribution in [0.1, 0.15) is 10.4 Å². The quantitative estimate of drug-likeness (QED) is 0.830. The molecule has 18 heavy (non-hydrogen) atoms. The molecule has 0 amide bonds. The number of rotatable bonds is 3. The van der Waals surface area contributed by atoms with Gasteiger partial charge in [-0.05, 0) is 24.0 Å². The van der Waals surface area contributed by atoms with E-state index in [4.69, 9.17) is 5.73 Å². The van der Waals surface area contributed by atoms with Crippen LogP contribution in [0.25, 0.3) is 11.1 Å². The van der Waals surface area contributed by atoms with Crippen LogP contribution < -0.4 is 5.73 Å². The maximum Gasteiger partial charge on any atom is 0.336 e. The van der Waals surface area contributed by atoms with Gasteiger partial charge in [0, 0.05) is 16.7 Å². The van der Waals surface area contributed by atoms with E-state index in [1.807, 2.05) is 30.5 Å². The number of hydrogen-bond acceptors (Lipinski definition) is 4. The maximum absolute atomic E-state index is 11.3. The van der Waals surface area contributed by atoms with E-state index in [0.29, 0.717) is 5.56 Å². The van der Waals surface area contributed by atoms with Gasteiger partial charge in [0.05, 0.1) is 5.56 Å². The Hall–Kier alpha value is -2.01. The van der Waals surface area contributed by atoms with Crippen LogP contribution in [0.2, 0.25) is 0 Å². The minimum atomic E-state index is -1.00. The Labute approximate surface area is 109 Å². The molecule has 0 saturated heterocycles. The van der Waals surface area contributed by atoms with E-state index >= 15 is 0 Å². The molecule has 92 valence electrons. The average Bonchev–Trinajstić information content (AvgIpc) is 2.38. The van der Waals surface area contributed by atoms with Crippen LogP contribution in [0.3, 0.4) is 0 Å². The summed E-state index contributed by atoms with van der Waals surface area (Å²) in [6.07, 6.45) is 3.46. The Morgan fingerprint density at radius 1 is 1.33 bits per heavy atom. The van der Waals surface area contributed by atoms with Gasteiger partial charge in [0.2, 0.25) is 0 Å². The van der Waals surface area contributed by atoms with Crippen molar-refractivity contribution in [1.82, 2.24) is 4.98 Å². The van der Waals surface area contributed by atoms with Crippen molar-refractivity contribution in [2.24, 2.45) is 0 Å². The number of anilines is 1. The van der Waals surface area contributed by atoms with Gasteiger partial charge in [-0.3, -0.25) is 0 Å². The van der Waals surface area contributed by atoms with Crippen molar-refractivity contribution in [3.63, 3.8) is 0 Å². The number of nitrogens with two attached hydrogens (primary N) is 1. The summed E-state index contributed by atoms with van der Waals surface area (Å²) in [4.78, 5) is 16.2. The molecule has 1 aromatic carbocycles. The van der Waals surface area contributed by atoms with Crippen LogP contribution in [-0.2, 0) is 0 Å². The highest BCUT2D eigenvalue weighted by Gasteiger charge is 2.15. The molecule has 3 N–H and O–H groups in total. The van der Waals surface area contributed by atoms with Crippen molar-refractivity contribution < 1.29 is 9.90 Å². The number of aromatic nitrogens is 1. The minimum absolute atomic E-state index is 0.170. The summed E-state index contributed by atoms with van der Waals surface area (Å²) in [5, 5.41) is 9.22. The van der Waals surface area contributed by atoms with E-state index in [-0.39, 0.29) is 11.4 Å². The van der Waals surface area contributed by atoms with Crippen LogP contribution in [0, 0.1) is 0 Å². The normalized spacial score (nSPS) is 10.3. The smallest absolute Gasteiger partial charge is 0.336 e. The first-order valence-corrected chi connectivity index (χ1v) is 6.48. The van der Waals surface area contributed by atoms with Crippen molar-refractivity contribution in [3.05, 3.63) is 42.1 Å². The number of nitrogen functional groups attached to an aromatic ring is 1. The summed E-state index contributed by atoms with van der Waals surface area (Å²) < 4.78 is 0. The Bertz CT molecular complexity index is 599. The minimum Gasteiger partial charge on any atom is -0.478 e. The molecular formula is C13H12N2O2S. The number of benzene rings is 1. The lowest BCUT2D eigenvalue weighted by Crippen LogP contribution is -2.03. The van der Waals surface area contributed by atoms with Gasteiger partial charge in [0.15, 0.2) is 0 Å². The molecule has 0 aliphatic carbocycles. The second kappa shape index (κ2) is 5.10. The van der Waals surface area contributed by atoms with Gasteiger partial charge in [0.1, 0.15) is 5.82 Å². The highest BCUT2D eigenvalue weighted by molar-refractivity contribution is 7.98. The Morgan fingerprint density at radius 3 is 2.72 bits per heavy atom. The first-order chi connectivity index (χ1) is 8.63. The third-order valence-electron chi connectivity index (χ3n) is 2.55. The van der Waals surface area contributed by atoms with Gasteiger partial charge in [0.25, 0.3) is 0 Å². The van der Waals surface area contributed by atoms with Gasteiger partial charge in [-0.25, -0.2) is 9.78 Å². The van der Waals surface area contributed by atoms with Gasteiger partial charge in [-0.1, -0.05) is 18.2 Å². The Kier molecular flexibility index (Phi) is 3.53. The van der Waals surface area contributed by atoms with E-state index in [1.165, 1.54) is 12.3 Å². The fourth-order valence-corrected chi connectivity index (χ4v) is 2.34. The van der Waals surface area contributed by atoms with E-state index in [0.717, 1.165) is 10.5 Å². The molecule has 0 spiro atoms. The predicted octanol–water partition coefficient (Wildman–Crippen LogP) is 2.75. The van der Waals surface area contributed by atoms with Gasteiger partial charge >= 0.3 is 5.97 Å². The summed E-state index contributed by atoms with van der Waals surface area (Å²) in [6.45, 7) is 0. The van der Waals surface area contributed by atoms with Crippen molar-refractivity contribution >= 4 is 23.5 Å². The molecule has 5 heteroatoms. The lowest BCUT2D eigenvalue weighted by atomic mass is 10.0. The van der Waals surface area contributed by atoms with E-state index in [2.05, 4.69) is 4.98 Å². The third kappa shape index (κ3) is 2.31. The van der Waals surface area contributed by atoms with Gasteiger partial charge < -0.3 is 10.8 Å². The largest absolute Gasteiger partial charge is 0.478 e. The molecule has 0 aliphatic rings. The first-order valence-electron chi connectivity index (χ1n) is 5.25. The molecular weight excluding hydrogens is 248 g/mol. The molecule has 0 atom stereocenters. The number of pyridine rings is 1. The van der Waals surface area contributed by atoms with Gasteiger partial charge in [-0.2, -0.15) is 0 Å². The number of aromatic carboxylic acids is 1. The number of hydrogen-bond donors (Lipinski definition) is 2. The molecule has 0 bridgehead atoms. The molecule has 0 fully saturated rings. The maximum atomic E-state index is 11.3. The standard InChI is InChI=1S/C13H12N2O2S/c1-18-11-5-3-2-4-8(11)10-7-15-12(14)6-9(10)13(16)17/h2-7H,1H3,(H2,14,15)(H,16,17). The molecule has 1 aromatic heterocycles. The topological polar surface area (TPSA) is 76.2 Å². The average molecular weight is 260 g/mol. The summed E-state index contributed by atoms with van der Waals surface area (Å²) in [7, 11) is 0. The van der Waals surface area contributed by atoms with Crippen molar-refractivity contribution in [3.8, 4) is 11.1 Å². The zero-order valence-electron chi connectivity index (χ0n) is 9.75. The summed E-state index contributed by atoms with van der Waals surface area (Å²) >= 11 is 1.56. The third-order valence-corrected chi connectivity index (χ3v) is 3.35. The molecule has 2 rings (SSSR count). The van der Waals surface area contributed by atoms with E-state index in [9.17, 15) is 9.90 Å². The molecule has 1 heterocycles. The van der Waals surface area contributed by atoms with Crippen molar-refractivity contribution in [2.75, 3.05) is 12.0 Å². The van der Waals surface area contributed by atoms with Crippen LogP contribution >= 0.6 is 11.8 Å². The molecule has 4 nitrogen and oxygen atoms in total. The number of carboxylic acid groups (broad SMARTS) is 1. The second-order valence-electron chi connectivity index (χ2n) is 3.66. The molecule has 0 aliphatic heterocycles. The first kappa shape index (κ1) is 12.4. The molecule has 2 aromatic rings. The number of thioether (sulfide) groups is 1. The highest BCUT2D eigenvalue weighted by Crippen LogP contribution is 2.32. The Morgan fingerprint density at radius 2 is 2.06 bits per heavy atom. The van der Waals surface area contributed by atoms with Crippen LogP contribution in [-0.4, -0.2) is 22.3 Å². The van der Waals surface area contributed by atoms with Crippen LogP contribution in [0.4, 0.5) is 5.82 Å². The fourth-order valence-electron chi connectivity index (χ4n) is 1.73. The van der Waals surface area contributed by atoms with E-state index in [1.54, 1.807) is 11.8 Å². The number of carbonyl (C=O) groups is 1. The van der Waals surface area contributed by atoms with E-state index < -0.39 is 5.97 Å². The fraction of sp³-hybridized carbons (Fsp3) is 0.0769. The monoisotopic (exact) mass is 260 g/mol. The van der Waals surface area contributed by atoms with Crippen molar-refractivity contribution in [2.45, 2.75) is 4.90 Å². The predicted molar refractivity (Wildman–Crippen MR) is 72.8 cm³/mol. The number of carboxylic acids is 1. The second-order valence-corrected chi connectivity index (χ2v) is 4.51. The zero-order valence-corrected chi connectivity index (χ0v) is 10.6. The van der Waals surface area contributed by atoms with Crippen molar-refractivity contribution in [1.29, 1.82) is 0 Å². The summed E-state index contributed by atoms with van der Waals surface area (Å²) in [5.41, 5.74) is 7.15. The lowest BCUT2D eigenvalue weighted by Gasteiger charge is -2.10. The van der Waals surface area contributed by atoms with Crippen LogP contribution in [0.5, 0.6) is 0 Å². The summed E-state index contributed by atoms with van der Waals surface area (Å²) in [6, 6.07) is 9.00. The number of nitrogens with zero attached hydrogens (tertiary/aromatic N) is 1. The zero-order chi connectivity index (χ0) is 13.1. The summed E-state index contributed by atoms with van der Waals surface area (Å²) in [5.74, 6) is -0.798. The highest BCUT2D eigenvalue weighted by atomic mass is 32.2. The van der Waals surface area contributed by atoms with Gasteiger partial charge in [-0.15, -0.1) is 11.8 Å². The molecule has 0 radical (unpaired) electrons. The van der Waals surface area contributed by atoms with Crippen LogP contribution in [0.15, 0.2) is 41.4 Å². The lowest BCUT2D eigenvalue weighted by molar-refractivity contribution is 0.0697. The molecule has 0 saturated carbocycles.